The lowest BCUT2D eigenvalue weighted by atomic mass is 9.49. The quantitative estimate of drug-likeness (QED) is 0.227. The fourth-order valence-electron chi connectivity index (χ4n) is 4.28. The second-order valence-corrected chi connectivity index (χ2v) is 11.8. The van der Waals surface area contributed by atoms with Crippen LogP contribution in [-0.2, 0) is 51.9 Å². The van der Waals surface area contributed by atoms with E-state index in [1.807, 2.05) is 0 Å². The Hall–Kier alpha value is -3.46. The van der Waals surface area contributed by atoms with E-state index >= 15 is 0 Å². The molecule has 2 unspecified atom stereocenters. The Labute approximate surface area is 198 Å². The molecule has 0 bridgehead atoms. The molecular weight excluding hydrogens is 483 g/mol. The van der Waals surface area contributed by atoms with Gasteiger partial charge in [0.15, 0.2) is 17.1 Å². The van der Waals surface area contributed by atoms with Gasteiger partial charge in [-0.1, -0.05) is 34.6 Å². The molecule has 12 heteroatoms. The minimum atomic E-state index is -4.63. The van der Waals surface area contributed by atoms with Gasteiger partial charge in [0.05, 0.1) is 6.61 Å². The average molecular weight is 502 g/mol. The zero-order chi connectivity index (χ0) is 26.6. The molecule has 0 aromatic carbocycles. The first-order chi connectivity index (χ1) is 16.2. The summed E-state index contributed by atoms with van der Waals surface area (Å²) in [5.74, 6) is 0.0718. The van der Waals surface area contributed by atoms with Crippen molar-refractivity contribution in [2.45, 2.75) is 46.6 Å². The van der Waals surface area contributed by atoms with Crippen LogP contribution in [0.4, 0.5) is 0 Å². The first-order valence-corrected chi connectivity index (χ1v) is 11.7. The number of ketones is 3. The van der Waals surface area contributed by atoms with Crippen LogP contribution in [0.25, 0.3) is 0 Å². The molecule has 3 rings (SSSR count). The highest BCUT2D eigenvalue weighted by atomic mass is 31.2. The average Bonchev–Trinajstić information content (AvgIpc) is 2.77. The van der Waals surface area contributed by atoms with Gasteiger partial charge >= 0.3 is 7.57 Å². The lowest BCUT2D eigenvalue weighted by Gasteiger charge is -2.55. The third kappa shape index (κ3) is 3.25. The third-order valence-electron chi connectivity index (χ3n) is 6.06. The highest BCUT2D eigenvalue weighted by Crippen LogP contribution is 2.69. The molecule has 2 atom stereocenters. The highest BCUT2D eigenvalue weighted by molar-refractivity contribution is 7.60. The molecule has 2 saturated carbocycles. The lowest BCUT2D eigenvalue weighted by Crippen LogP contribution is -2.70. The van der Waals surface area contributed by atoms with Crippen molar-refractivity contribution in [3.05, 3.63) is 22.5 Å². The smallest absolute Gasteiger partial charge is 0.399 e. The molecule has 1 aliphatic heterocycles. The fourth-order valence-corrected chi connectivity index (χ4v) is 6.32. The van der Waals surface area contributed by atoms with Crippen molar-refractivity contribution in [3.8, 4) is 0 Å². The summed E-state index contributed by atoms with van der Waals surface area (Å²) in [5, 5.41) is 0. The predicted molar refractivity (Wildman–Crippen MR) is 116 cm³/mol. The van der Waals surface area contributed by atoms with Crippen LogP contribution < -0.4 is 0 Å². The van der Waals surface area contributed by atoms with E-state index in [0.717, 1.165) is 0 Å². The third-order valence-corrected chi connectivity index (χ3v) is 7.69. The van der Waals surface area contributed by atoms with Crippen molar-refractivity contribution >= 4 is 54.3 Å². The summed E-state index contributed by atoms with van der Waals surface area (Å²) < 4.78 is 16.8. The number of carbonyl (C=O) groups excluding carboxylic acids is 8. The number of rotatable bonds is 2. The van der Waals surface area contributed by atoms with Gasteiger partial charge in [0, 0.05) is 11.8 Å². The van der Waals surface area contributed by atoms with Gasteiger partial charge in [0.2, 0.25) is 28.6 Å². The molecule has 2 spiro atoms. The molecule has 0 aromatic heterocycles. The normalized spacial score (nSPS) is 31.7. The Kier molecular flexibility index (Phi) is 6.01. The zero-order valence-corrected chi connectivity index (χ0v) is 20.2. The van der Waals surface area contributed by atoms with E-state index in [1.165, 1.54) is 43.3 Å². The van der Waals surface area contributed by atoms with Gasteiger partial charge in [-0.15, -0.1) is 0 Å². The maximum absolute atomic E-state index is 13.9. The Bertz CT molecular complexity index is 1350. The Morgan fingerprint density at radius 3 is 1.83 bits per heavy atom. The predicted octanol–water partition coefficient (Wildman–Crippen LogP) is 0.791. The topological polar surface area (TPSA) is 164 Å². The molecule has 35 heavy (non-hydrogen) atoms. The molecule has 0 radical (unpaired) electrons. The second-order valence-electron chi connectivity index (χ2n) is 10.0. The van der Waals surface area contributed by atoms with Crippen LogP contribution in [0.5, 0.6) is 0 Å². The van der Waals surface area contributed by atoms with Crippen LogP contribution in [0.15, 0.2) is 22.5 Å². The first kappa shape index (κ1) is 26.2. The SMILES string of the molecule is CC(C)(C)COP1(=C=O)OC(=C=O)C2(C(=C=O)C(=O)C2=C=O)C(=C=O)C(=O)C2(O1)C(=O)CC2(C)C. The summed E-state index contributed by atoms with van der Waals surface area (Å²) in [5.41, 5.74) is -9.29. The van der Waals surface area contributed by atoms with Gasteiger partial charge in [-0.05, 0) is 5.41 Å². The number of hydrogen-bond acceptors (Lipinski definition) is 11. The van der Waals surface area contributed by atoms with Crippen molar-refractivity contribution in [1.82, 2.24) is 0 Å². The Morgan fingerprint density at radius 1 is 0.914 bits per heavy atom. The maximum Gasteiger partial charge on any atom is 0.399 e. The largest absolute Gasteiger partial charge is 0.415 e. The van der Waals surface area contributed by atoms with Crippen LogP contribution in [0.1, 0.15) is 41.0 Å². The summed E-state index contributed by atoms with van der Waals surface area (Å²) in [6.45, 7) is 7.68. The standard InChI is InChI=1S/C23H19O11P/c1-20(2,3)11-32-35(12-28)33-17(10-27)22(13(7-24)18(30)14(22)8-25)15(9-26)19(31)23(34-35)16(29)6-21(23,4)5/h6,11H2,1-5H3. The molecule has 11 nitrogen and oxygen atoms in total. The van der Waals surface area contributed by atoms with Gasteiger partial charge < -0.3 is 4.52 Å². The van der Waals surface area contributed by atoms with Crippen LogP contribution in [0, 0.1) is 16.2 Å². The monoisotopic (exact) mass is 502 g/mol. The minimum Gasteiger partial charge on any atom is -0.415 e. The molecule has 1 saturated heterocycles. The minimum absolute atomic E-state index is 0.238. The van der Waals surface area contributed by atoms with E-state index in [2.05, 4.69) is 0 Å². The Balaban J connectivity index is 2.48. The van der Waals surface area contributed by atoms with Gasteiger partial charge in [0.1, 0.15) is 34.5 Å². The molecule has 0 aromatic rings. The number of Topliss-reactive ketones (excluding diaryl/α,β-unsaturated/α-hetero) is 3. The van der Waals surface area contributed by atoms with E-state index in [0.29, 0.717) is 0 Å². The molecule has 182 valence electrons. The number of hydrogen-bond donors (Lipinski definition) is 0. The lowest BCUT2D eigenvalue weighted by molar-refractivity contribution is -0.179. The van der Waals surface area contributed by atoms with Gasteiger partial charge in [-0.2, -0.15) is 0 Å². The molecular formula is C23H19O11P. The van der Waals surface area contributed by atoms with Gasteiger partial charge in [0.25, 0.3) is 0 Å². The molecule has 0 N–H and O–H groups in total. The fraction of sp³-hybridized carbons (Fsp3) is 0.478. The molecule has 1 heterocycles. The second kappa shape index (κ2) is 8.05. The summed E-state index contributed by atoms with van der Waals surface area (Å²) >= 11 is 0. The van der Waals surface area contributed by atoms with E-state index in [9.17, 15) is 38.4 Å². The summed E-state index contributed by atoms with van der Waals surface area (Å²) in [6.07, 6.45) is -0.238. The Morgan fingerprint density at radius 2 is 1.46 bits per heavy atom. The summed E-state index contributed by atoms with van der Waals surface area (Å²) in [4.78, 5) is 99.1. The molecule has 0 amide bonds. The van der Waals surface area contributed by atoms with Crippen molar-refractivity contribution < 1.29 is 51.9 Å². The van der Waals surface area contributed by atoms with Crippen LogP contribution in [0.3, 0.4) is 0 Å². The maximum atomic E-state index is 13.9. The van der Waals surface area contributed by atoms with Gasteiger partial charge in [-0.3, -0.25) is 23.4 Å². The number of carbonyl (C=O) groups is 3. The molecule has 3 aliphatic rings. The van der Waals surface area contributed by atoms with Crippen molar-refractivity contribution in [2.75, 3.05) is 6.61 Å². The summed E-state index contributed by atoms with van der Waals surface area (Å²) in [6, 6.07) is 0. The molecule has 2 aliphatic carbocycles. The van der Waals surface area contributed by atoms with E-state index in [4.69, 9.17) is 13.6 Å². The van der Waals surface area contributed by atoms with Crippen molar-refractivity contribution in [3.63, 3.8) is 0 Å². The first-order valence-electron chi connectivity index (χ1n) is 10.2. The van der Waals surface area contributed by atoms with Crippen LogP contribution in [0.2, 0.25) is 0 Å². The highest BCUT2D eigenvalue weighted by Gasteiger charge is 2.76. The van der Waals surface area contributed by atoms with Crippen molar-refractivity contribution in [1.29, 1.82) is 0 Å². The van der Waals surface area contributed by atoms with E-state index < -0.39 is 69.2 Å². The summed E-state index contributed by atoms with van der Waals surface area (Å²) in [7, 11) is -4.63. The van der Waals surface area contributed by atoms with E-state index in [1.54, 1.807) is 20.8 Å². The number of allylic oxidation sites excluding steroid dienone is 1. The van der Waals surface area contributed by atoms with E-state index in [-0.39, 0.29) is 13.0 Å². The molecule has 3 fully saturated rings. The van der Waals surface area contributed by atoms with Gasteiger partial charge in [-0.25, -0.2) is 24.0 Å². The van der Waals surface area contributed by atoms with Crippen LogP contribution in [-0.4, -0.2) is 59.0 Å². The van der Waals surface area contributed by atoms with Crippen LogP contribution >= 0.6 is 7.57 Å². The van der Waals surface area contributed by atoms with Crippen molar-refractivity contribution in [2.24, 2.45) is 16.2 Å². The zero-order valence-electron chi connectivity index (χ0n) is 19.4.